The Kier molecular flexibility index (Phi) is 5.28. The number of alkyl halides is 3. The Morgan fingerprint density at radius 3 is 2.64 bits per heavy atom. The van der Waals surface area contributed by atoms with Crippen molar-refractivity contribution < 1.29 is 22.7 Å². The Morgan fingerprint density at radius 1 is 1.36 bits per heavy atom. The maximum atomic E-state index is 12.4. The first-order chi connectivity index (χ1) is 10.4. The van der Waals surface area contributed by atoms with E-state index in [0.29, 0.717) is 6.54 Å². The van der Waals surface area contributed by atoms with Gasteiger partial charge in [0.2, 0.25) is 0 Å². The van der Waals surface area contributed by atoms with E-state index in [1.165, 1.54) is 12.1 Å². The fraction of sp³-hybridized carbons (Fsp3) is 0.533. The van der Waals surface area contributed by atoms with E-state index in [-0.39, 0.29) is 24.3 Å². The lowest BCUT2D eigenvalue weighted by Crippen LogP contribution is -2.43. The molecule has 1 aliphatic rings. The van der Waals surface area contributed by atoms with Crippen LogP contribution in [0.1, 0.15) is 18.4 Å². The quantitative estimate of drug-likeness (QED) is 0.906. The molecule has 1 saturated heterocycles. The fourth-order valence-electron chi connectivity index (χ4n) is 2.58. The molecule has 1 aromatic carbocycles. The lowest BCUT2D eigenvalue weighted by atomic mass is 10.2. The summed E-state index contributed by atoms with van der Waals surface area (Å²) in [5.74, 6) is 0.114. The van der Waals surface area contributed by atoms with Gasteiger partial charge in [0.15, 0.2) is 6.61 Å². The zero-order chi connectivity index (χ0) is 16.2. The number of halogens is 3. The van der Waals surface area contributed by atoms with Gasteiger partial charge in [-0.2, -0.15) is 13.2 Å². The van der Waals surface area contributed by atoms with Crippen LogP contribution in [-0.2, 0) is 11.0 Å². The van der Waals surface area contributed by atoms with Gasteiger partial charge in [-0.25, -0.2) is 0 Å². The molecule has 0 aromatic heterocycles. The van der Waals surface area contributed by atoms with Crippen molar-refractivity contribution in [2.45, 2.75) is 25.1 Å². The number of likely N-dealkylation sites (tertiary alicyclic amines) is 1. The van der Waals surface area contributed by atoms with Gasteiger partial charge in [-0.3, -0.25) is 4.79 Å². The summed E-state index contributed by atoms with van der Waals surface area (Å²) in [5.41, 5.74) is -0.736. The second kappa shape index (κ2) is 7.00. The number of rotatable bonds is 5. The van der Waals surface area contributed by atoms with Gasteiger partial charge in [0, 0.05) is 19.1 Å². The summed E-state index contributed by atoms with van der Waals surface area (Å²) in [6.07, 6.45) is -2.46. The van der Waals surface area contributed by atoms with Crippen LogP contribution >= 0.6 is 0 Å². The van der Waals surface area contributed by atoms with Gasteiger partial charge in [-0.15, -0.1) is 0 Å². The van der Waals surface area contributed by atoms with E-state index in [0.717, 1.165) is 31.5 Å². The van der Waals surface area contributed by atoms with Crippen molar-refractivity contribution in [2.24, 2.45) is 0 Å². The Morgan fingerprint density at radius 2 is 2.05 bits per heavy atom. The molecule has 4 nitrogen and oxygen atoms in total. The number of ether oxygens (including phenoxy) is 1. The van der Waals surface area contributed by atoms with Crippen molar-refractivity contribution in [1.82, 2.24) is 10.2 Å². The number of amides is 1. The highest BCUT2D eigenvalue weighted by atomic mass is 19.4. The van der Waals surface area contributed by atoms with Crippen molar-refractivity contribution in [1.29, 1.82) is 0 Å². The van der Waals surface area contributed by atoms with E-state index < -0.39 is 11.7 Å². The number of hydrogen-bond acceptors (Lipinski definition) is 3. The van der Waals surface area contributed by atoms with Gasteiger partial charge >= 0.3 is 6.18 Å². The van der Waals surface area contributed by atoms with Gasteiger partial charge in [0.25, 0.3) is 5.91 Å². The van der Waals surface area contributed by atoms with Crippen molar-refractivity contribution in [2.75, 3.05) is 26.7 Å². The van der Waals surface area contributed by atoms with Crippen LogP contribution in [0.5, 0.6) is 5.75 Å². The monoisotopic (exact) mass is 316 g/mol. The molecule has 2 rings (SSSR count). The molecule has 22 heavy (non-hydrogen) atoms. The maximum absolute atomic E-state index is 12.4. The fourth-order valence-corrected chi connectivity index (χ4v) is 2.58. The van der Waals surface area contributed by atoms with Gasteiger partial charge in [0.05, 0.1) is 5.56 Å². The third-order valence-electron chi connectivity index (χ3n) is 3.68. The minimum absolute atomic E-state index is 0.141. The summed E-state index contributed by atoms with van der Waals surface area (Å²) in [6.45, 7) is 1.26. The second-order valence-corrected chi connectivity index (χ2v) is 5.25. The number of benzene rings is 1. The zero-order valence-electron chi connectivity index (χ0n) is 12.3. The summed E-state index contributed by atoms with van der Waals surface area (Å²) in [7, 11) is 1.83. The zero-order valence-corrected chi connectivity index (χ0v) is 12.3. The van der Waals surface area contributed by atoms with Crippen molar-refractivity contribution in [3.8, 4) is 5.75 Å². The molecule has 1 amide bonds. The Hall–Kier alpha value is -1.76. The van der Waals surface area contributed by atoms with Gasteiger partial charge in [0.1, 0.15) is 5.75 Å². The summed E-state index contributed by atoms with van der Waals surface area (Å²) in [4.78, 5) is 13.9. The first kappa shape index (κ1) is 16.6. The average Bonchev–Trinajstić information content (AvgIpc) is 2.93. The van der Waals surface area contributed by atoms with E-state index in [9.17, 15) is 18.0 Å². The molecule has 1 atom stereocenters. The second-order valence-electron chi connectivity index (χ2n) is 5.25. The van der Waals surface area contributed by atoms with Crippen LogP contribution in [0.25, 0.3) is 0 Å². The van der Waals surface area contributed by atoms with Crippen LogP contribution in [0.15, 0.2) is 24.3 Å². The average molecular weight is 316 g/mol. The van der Waals surface area contributed by atoms with Crippen LogP contribution < -0.4 is 10.1 Å². The number of hydrogen-bond donors (Lipinski definition) is 1. The molecule has 122 valence electrons. The predicted octanol–water partition coefficient (Wildman–Crippen LogP) is 2.29. The lowest BCUT2D eigenvalue weighted by molar-refractivity contribution is -0.138. The summed E-state index contributed by atoms with van der Waals surface area (Å²) in [6, 6.07) is 4.50. The Balaban J connectivity index is 1.88. The molecule has 0 saturated carbocycles. The largest absolute Gasteiger partial charge is 0.484 e. The number of nitrogens with one attached hydrogen (secondary N) is 1. The molecule has 0 unspecified atom stereocenters. The van der Waals surface area contributed by atoms with Crippen LogP contribution in [0.4, 0.5) is 13.2 Å². The topological polar surface area (TPSA) is 41.6 Å². The highest BCUT2D eigenvalue weighted by molar-refractivity contribution is 5.78. The first-order valence-corrected chi connectivity index (χ1v) is 7.16. The van der Waals surface area contributed by atoms with E-state index >= 15 is 0 Å². The van der Waals surface area contributed by atoms with Gasteiger partial charge < -0.3 is 15.0 Å². The Labute approximate surface area is 127 Å². The number of likely N-dealkylation sites (N-methyl/N-ethyl adjacent to an activating group) is 1. The van der Waals surface area contributed by atoms with Crippen LogP contribution in [0.2, 0.25) is 0 Å². The highest BCUT2D eigenvalue weighted by Gasteiger charge is 2.30. The predicted molar refractivity (Wildman–Crippen MR) is 75.6 cm³/mol. The van der Waals surface area contributed by atoms with E-state index in [1.54, 1.807) is 4.90 Å². The summed E-state index contributed by atoms with van der Waals surface area (Å²) >= 11 is 0. The molecule has 7 heteroatoms. The molecule has 0 spiro atoms. The maximum Gasteiger partial charge on any atom is 0.416 e. The van der Waals surface area contributed by atoms with Crippen molar-refractivity contribution in [3.63, 3.8) is 0 Å². The first-order valence-electron chi connectivity index (χ1n) is 7.16. The Bertz CT molecular complexity index is 503. The lowest BCUT2D eigenvalue weighted by Gasteiger charge is -2.24. The summed E-state index contributed by atoms with van der Waals surface area (Å²) < 4.78 is 42.6. The standard InChI is InChI=1S/C15H19F3N2O2/c1-19-9-12-3-2-8-20(12)14(21)10-22-13-6-4-11(5-7-13)15(16,17)18/h4-7,12,19H,2-3,8-10H2,1H3/t12-/m1/s1. The number of nitrogens with zero attached hydrogens (tertiary/aromatic N) is 1. The van der Waals surface area contributed by atoms with E-state index in [4.69, 9.17) is 4.74 Å². The van der Waals surface area contributed by atoms with E-state index in [2.05, 4.69) is 5.32 Å². The van der Waals surface area contributed by atoms with Crippen molar-refractivity contribution >= 4 is 5.91 Å². The minimum Gasteiger partial charge on any atom is -0.484 e. The third-order valence-corrected chi connectivity index (χ3v) is 3.68. The molecule has 1 fully saturated rings. The molecule has 1 heterocycles. The smallest absolute Gasteiger partial charge is 0.416 e. The number of carbonyl (C=O) groups excluding carboxylic acids is 1. The minimum atomic E-state index is -4.37. The highest BCUT2D eigenvalue weighted by Crippen LogP contribution is 2.30. The van der Waals surface area contributed by atoms with Gasteiger partial charge in [-0.05, 0) is 44.2 Å². The molecule has 1 aliphatic heterocycles. The van der Waals surface area contributed by atoms with Gasteiger partial charge in [-0.1, -0.05) is 0 Å². The molecular weight excluding hydrogens is 297 g/mol. The van der Waals surface area contributed by atoms with Crippen LogP contribution in [0, 0.1) is 0 Å². The molecule has 0 aliphatic carbocycles. The molecule has 1 aromatic rings. The molecular formula is C15H19F3N2O2. The third kappa shape index (κ3) is 4.13. The molecule has 0 bridgehead atoms. The van der Waals surface area contributed by atoms with Crippen LogP contribution in [0.3, 0.4) is 0 Å². The van der Waals surface area contributed by atoms with E-state index in [1.807, 2.05) is 7.05 Å². The number of carbonyl (C=O) groups is 1. The summed E-state index contributed by atoms with van der Waals surface area (Å²) in [5, 5.41) is 3.05. The van der Waals surface area contributed by atoms with Crippen molar-refractivity contribution in [3.05, 3.63) is 29.8 Å². The molecule has 0 radical (unpaired) electrons. The SMILES string of the molecule is CNC[C@H]1CCCN1C(=O)COc1ccc(C(F)(F)F)cc1. The molecule has 1 N–H and O–H groups in total. The van der Waals surface area contributed by atoms with Crippen LogP contribution in [-0.4, -0.2) is 43.6 Å². The normalized spacial score (nSPS) is 18.5.